The van der Waals surface area contributed by atoms with E-state index in [1.807, 2.05) is 60.7 Å². The SMILES string of the molecule is CN(C(=O)CN1CCN(Cc2ccccc2)CC1)c1ccc(N=C(c2ccccc2)C2C(=O)Nc3cc(F)ccc32)cc1. The molecule has 0 saturated carbocycles. The van der Waals surface area contributed by atoms with Crippen LogP contribution in [0.5, 0.6) is 0 Å². The third-order valence-electron chi connectivity index (χ3n) is 8.12. The molecule has 218 valence electrons. The highest BCUT2D eigenvalue weighted by atomic mass is 19.1. The number of nitrogens with one attached hydrogen (secondary N) is 1. The maximum atomic E-state index is 13.9. The molecule has 0 bridgehead atoms. The minimum atomic E-state index is -0.671. The molecule has 1 atom stereocenters. The summed E-state index contributed by atoms with van der Waals surface area (Å²) in [6.45, 7) is 4.87. The Hall–Kier alpha value is -4.66. The van der Waals surface area contributed by atoms with E-state index in [1.54, 1.807) is 18.0 Å². The molecule has 0 aliphatic carbocycles. The number of likely N-dealkylation sites (N-methyl/N-ethyl adjacent to an activating group) is 1. The maximum Gasteiger partial charge on any atom is 0.240 e. The number of carbonyl (C=O) groups excluding carboxylic acids is 2. The largest absolute Gasteiger partial charge is 0.325 e. The number of amides is 2. The number of rotatable bonds is 8. The topological polar surface area (TPSA) is 68.2 Å². The van der Waals surface area contributed by atoms with Gasteiger partial charge in [0.05, 0.1) is 17.9 Å². The Balaban J connectivity index is 1.13. The lowest BCUT2D eigenvalue weighted by Crippen LogP contribution is -2.49. The molecule has 0 radical (unpaired) electrons. The van der Waals surface area contributed by atoms with Crippen LogP contribution in [0, 0.1) is 5.82 Å². The van der Waals surface area contributed by atoms with Crippen LogP contribution in [0.2, 0.25) is 0 Å². The maximum absolute atomic E-state index is 13.9. The standard InChI is InChI=1S/C35H34FN5O2/c1-39(32(42)24-41-20-18-40(19-21-41)23-25-8-4-2-5-9-25)29-15-13-28(14-16-29)37-34(26-10-6-3-7-11-26)33-30-17-12-27(36)22-31(30)38-35(33)43/h2-17,22,33H,18-21,23-24H2,1H3,(H,38,43). The molecule has 4 aromatic rings. The van der Waals surface area contributed by atoms with Crippen molar-refractivity contribution in [2.45, 2.75) is 12.5 Å². The van der Waals surface area contributed by atoms with Crippen molar-refractivity contribution in [3.05, 3.63) is 126 Å². The molecule has 2 aliphatic heterocycles. The van der Waals surface area contributed by atoms with Gasteiger partial charge in [-0.25, -0.2) is 4.39 Å². The van der Waals surface area contributed by atoms with E-state index in [-0.39, 0.29) is 11.8 Å². The van der Waals surface area contributed by atoms with E-state index in [2.05, 4.69) is 39.4 Å². The van der Waals surface area contributed by atoms with Crippen LogP contribution < -0.4 is 10.2 Å². The summed E-state index contributed by atoms with van der Waals surface area (Å²) in [6.07, 6.45) is 0. The minimum Gasteiger partial charge on any atom is -0.325 e. The quantitative estimate of drug-likeness (QED) is 0.283. The molecular formula is C35H34FN5O2. The van der Waals surface area contributed by atoms with E-state index in [0.29, 0.717) is 29.2 Å². The van der Waals surface area contributed by atoms with Crippen LogP contribution in [0.4, 0.5) is 21.5 Å². The molecule has 4 aromatic carbocycles. The van der Waals surface area contributed by atoms with E-state index >= 15 is 0 Å². The van der Waals surface area contributed by atoms with E-state index in [9.17, 15) is 14.0 Å². The van der Waals surface area contributed by atoms with Crippen molar-refractivity contribution in [2.75, 3.05) is 50.0 Å². The van der Waals surface area contributed by atoms with E-state index in [1.165, 1.54) is 17.7 Å². The second kappa shape index (κ2) is 12.7. The highest BCUT2D eigenvalue weighted by Crippen LogP contribution is 2.37. The number of piperazine rings is 1. The number of carbonyl (C=O) groups is 2. The summed E-state index contributed by atoms with van der Waals surface area (Å²) < 4.78 is 13.9. The summed E-state index contributed by atoms with van der Waals surface area (Å²) in [7, 11) is 1.79. The van der Waals surface area contributed by atoms with Gasteiger partial charge in [0.2, 0.25) is 11.8 Å². The summed E-state index contributed by atoms with van der Waals surface area (Å²) in [5.74, 6) is -1.29. The molecule has 0 aromatic heterocycles. The minimum absolute atomic E-state index is 0.0317. The van der Waals surface area contributed by atoms with Gasteiger partial charge in [0.1, 0.15) is 11.7 Å². The van der Waals surface area contributed by atoms with Crippen molar-refractivity contribution in [3.8, 4) is 0 Å². The van der Waals surface area contributed by atoms with Crippen molar-refractivity contribution in [2.24, 2.45) is 4.99 Å². The molecule has 1 saturated heterocycles. The molecule has 2 amide bonds. The first kappa shape index (κ1) is 28.5. The number of halogens is 1. The summed E-state index contributed by atoms with van der Waals surface area (Å²) in [5, 5.41) is 2.80. The van der Waals surface area contributed by atoms with Gasteiger partial charge in [0.25, 0.3) is 0 Å². The Morgan fingerprint density at radius 3 is 2.23 bits per heavy atom. The zero-order valence-corrected chi connectivity index (χ0v) is 24.1. The molecule has 2 aliphatic rings. The van der Waals surface area contributed by atoms with Gasteiger partial charge in [0, 0.05) is 51.1 Å². The normalized spacial score (nSPS) is 17.4. The molecule has 0 spiro atoms. The fourth-order valence-corrected chi connectivity index (χ4v) is 5.69. The number of nitrogens with zero attached hydrogens (tertiary/aromatic N) is 4. The number of hydrogen-bond acceptors (Lipinski definition) is 5. The number of anilines is 2. The summed E-state index contributed by atoms with van der Waals surface area (Å²) in [4.78, 5) is 37.4. The number of fused-ring (bicyclic) bond motifs is 1. The molecule has 2 heterocycles. The Morgan fingerprint density at radius 1 is 0.884 bits per heavy atom. The molecule has 1 N–H and O–H groups in total. The lowest BCUT2D eigenvalue weighted by molar-refractivity contribution is -0.120. The molecule has 1 unspecified atom stereocenters. The average molecular weight is 576 g/mol. The van der Waals surface area contributed by atoms with Gasteiger partial charge < -0.3 is 10.2 Å². The Bertz CT molecular complexity index is 1620. The molecular weight excluding hydrogens is 541 g/mol. The van der Waals surface area contributed by atoms with E-state index in [0.717, 1.165) is 44.0 Å². The van der Waals surface area contributed by atoms with Crippen LogP contribution in [0.15, 0.2) is 108 Å². The Kier molecular flexibility index (Phi) is 8.40. The lowest BCUT2D eigenvalue weighted by Gasteiger charge is -2.35. The highest BCUT2D eigenvalue weighted by Gasteiger charge is 2.35. The summed E-state index contributed by atoms with van der Waals surface area (Å²) in [6, 6.07) is 31.8. The molecule has 8 heteroatoms. The first-order chi connectivity index (χ1) is 20.9. The van der Waals surface area contributed by atoms with Crippen molar-refractivity contribution >= 4 is 34.6 Å². The third-order valence-corrected chi connectivity index (χ3v) is 8.12. The van der Waals surface area contributed by atoms with Gasteiger partial charge in [-0.3, -0.25) is 24.4 Å². The van der Waals surface area contributed by atoms with Crippen LogP contribution >= 0.6 is 0 Å². The van der Waals surface area contributed by atoms with E-state index < -0.39 is 11.7 Å². The average Bonchev–Trinajstić information content (AvgIpc) is 3.36. The Labute approximate surface area is 251 Å². The van der Waals surface area contributed by atoms with Crippen LogP contribution in [-0.4, -0.2) is 67.1 Å². The Morgan fingerprint density at radius 2 is 1.53 bits per heavy atom. The van der Waals surface area contributed by atoms with E-state index in [4.69, 9.17) is 4.99 Å². The monoisotopic (exact) mass is 575 g/mol. The van der Waals surface area contributed by atoms with Crippen molar-refractivity contribution < 1.29 is 14.0 Å². The fraction of sp³-hybridized carbons (Fsp3) is 0.229. The summed E-state index contributed by atoms with van der Waals surface area (Å²) >= 11 is 0. The second-order valence-corrected chi connectivity index (χ2v) is 11.0. The summed E-state index contributed by atoms with van der Waals surface area (Å²) in [5.41, 5.74) is 5.27. The first-order valence-corrected chi connectivity index (χ1v) is 14.5. The zero-order chi connectivity index (χ0) is 29.8. The first-order valence-electron chi connectivity index (χ1n) is 14.5. The number of hydrogen-bond donors (Lipinski definition) is 1. The van der Waals surface area contributed by atoms with Crippen molar-refractivity contribution in [3.63, 3.8) is 0 Å². The van der Waals surface area contributed by atoms with Crippen molar-refractivity contribution in [1.82, 2.24) is 9.80 Å². The molecule has 1 fully saturated rings. The van der Waals surface area contributed by atoms with Crippen LogP contribution in [0.25, 0.3) is 0 Å². The van der Waals surface area contributed by atoms with Gasteiger partial charge >= 0.3 is 0 Å². The van der Waals surface area contributed by atoms with Crippen LogP contribution in [0.3, 0.4) is 0 Å². The molecule has 6 rings (SSSR count). The predicted molar refractivity (Wildman–Crippen MR) is 168 cm³/mol. The van der Waals surface area contributed by atoms with Gasteiger partial charge in [-0.05, 0) is 53.1 Å². The van der Waals surface area contributed by atoms with Crippen LogP contribution in [0.1, 0.15) is 22.6 Å². The van der Waals surface area contributed by atoms with Crippen molar-refractivity contribution in [1.29, 1.82) is 0 Å². The zero-order valence-electron chi connectivity index (χ0n) is 24.1. The molecule has 43 heavy (non-hydrogen) atoms. The smallest absolute Gasteiger partial charge is 0.240 e. The van der Waals surface area contributed by atoms with Gasteiger partial charge in [-0.15, -0.1) is 0 Å². The highest BCUT2D eigenvalue weighted by molar-refractivity contribution is 6.24. The second-order valence-electron chi connectivity index (χ2n) is 11.0. The lowest BCUT2D eigenvalue weighted by atomic mass is 9.90. The fourth-order valence-electron chi connectivity index (χ4n) is 5.69. The van der Waals surface area contributed by atoms with Gasteiger partial charge in [-0.2, -0.15) is 0 Å². The van der Waals surface area contributed by atoms with Crippen LogP contribution in [-0.2, 0) is 16.1 Å². The predicted octanol–water partition coefficient (Wildman–Crippen LogP) is 5.46. The third kappa shape index (κ3) is 6.56. The van der Waals surface area contributed by atoms with Gasteiger partial charge in [0.15, 0.2) is 0 Å². The number of benzene rings is 4. The molecule has 7 nitrogen and oxygen atoms in total. The number of aliphatic imine (C=N–C) groups is 1. The van der Waals surface area contributed by atoms with Gasteiger partial charge in [-0.1, -0.05) is 66.7 Å².